The molecule has 7 heteroatoms. The van der Waals surface area contributed by atoms with Gasteiger partial charge in [0.15, 0.2) is 0 Å². The number of pyridine rings is 1. The fourth-order valence-corrected chi connectivity index (χ4v) is 3.77. The van der Waals surface area contributed by atoms with Crippen LogP contribution < -0.4 is 4.72 Å². The Balaban J connectivity index is 2.09. The molecular weight excluding hydrogens is 334 g/mol. The van der Waals surface area contributed by atoms with Crippen molar-refractivity contribution in [3.8, 4) is 0 Å². The van der Waals surface area contributed by atoms with Crippen LogP contribution in [0.3, 0.4) is 0 Å². The Hall–Kier alpha value is -2.05. The summed E-state index contributed by atoms with van der Waals surface area (Å²) < 4.78 is 29.9. The lowest BCUT2D eigenvalue weighted by Gasteiger charge is -2.08. The summed E-state index contributed by atoms with van der Waals surface area (Å²) >= 11 is 5.83. The van der Waals surface area contributed by atoms with Crippen molar-refractivity contribution in [3.63, 3.8) is 0 Å². The molecule has 5 nitrogen and oxygen atoms in total. The fraction of sp³-hybridized carbons (Fsp3) is 0.188. The van der Waals surface area contributed by atoms with E-state index < -0.39 is 10.0 Å². The quantitative estimate of drug-likeness (QED) is 0.772. The van der Waals surface area contributed by atoms with Gasteiger partial charge in [0.1, 0.15) is 10.5 Å². The third kappa shape index (κ3) is 3.04. The number of benzene rings is 1. The number of halogens is 1. The second-order valence-corrected chi connectivity index (χ2v) is 7.57. The second-order valence-electron chi connectivity index (χ2n) is 5.48. The maximum atomic E-state index is 12.8. The van der Waals surface area contributed by atoms with Crippen molar-refractivity contribution in [2.24, 2.45) is 0 Å². The van der Waals surface area contributed by atoms with Crippen molar-refractivity contribution in [2.45, 2.75) is 24.8 Å². The minimum Gasteiger partial charge on any atom is -0.329 e. The number of hydrogen-bond acceptors (Lipinski definition) is 3. The molecule has 1 aromatic carbocycles. The van der Waals surface area contributed by atoms with E-state index in [4.69, 9.17) is 11.6 Å². The highest BCUT2D eigenvalue weighted by molar-refractivity contribution is 7.93. The van der Waals surface area contributed by atoms with Crippen LogP contribution in [0, 0.1) is 0 Å². The van der Waals surface area contributed by atoms with Crippen LogP contribution in [0.2, 0.25) is 5.02 Å². The van der Waals surface area contributed by atoms with E-state index in [1.54, 1.807) is 48.8 Å². The third-order valence-corrected chi connectivity index (χ3v) is 5.16. The van der Waals surface area contributed by atoms with Crippen LogP contribution in [0.5, 0.6) is 0 Å². The molecule has 0 amide bonds. The van der Waals surface area contributed by atoms with Crippen LogP contribution >= 0.6 is 11.6 Å². The lowest BCUT2D eigenvalue weighted by atomic mass is 10.3. The summed E-state index contributed by atoms with van der Waals surface area (Å²) in [6.45, 7) is 3.97. The van der Waals surface area contributed by atoms with E-state index in [9.17, 15) is 8.42 Å². The predicted octanol–water partition coefficient (Wildman–Crippen LogP) is 4.07. The van der Waals surface area contributed by atoms with Gasteiger partial charge in [0, 0.05) is 34.5 Å². The van der Waals surface area contributed by atoms with Crippen molar-refractivity contribution in [1.82, 2.24) is 9.55 Å². The SMILES string of the molecule is CC(C)n1cc(S(=O)(=O)Nc2ccc(Cl)cc2)c2cccnc21. The van der Waals surface area contributed by atoms with E-state index in [1.165, 1.54) is 0 Å². The first-order valence-corrected chi connectivity index (χ1v) is 8.98. The number of anilines is 1. The predicted molar refractivity (Wildman–Crippen MR) is 92.4 cm³/mol. The zero-order valence-corrected chi connectivity index (χ0v) is 14.3. The van der Waals surface area contributed by atoms with Crippen molar-refractivity contribution in [2.75, 3.05) is 4.72 Å². The van der Waals surface area contributed by atoms with Gasteiger partial charge >= 0.3 is 0 Å². The maximum absolute atomic E-state index is 12.8. The Morgan fingerprint density at radius 1 is 1.17 bits per heavy atom. The lowest BCUT2D eigenvalue weighted by molar-refractivity contribution is 0.596. The van der Waals surface area contributed by atoms with E-state index in [0.717, 1.165) is 0 Å². The van der Waals surface area contributed by atoms with Gasteiger partial charge < -0.3 is 4.57 Å². The van der Waals surface area contributed by atoms with Gasteiger partial charge in [-0.2, -0.15) is 0 Å². The van der Waals surface area contributed by atoms with Crippen LogP contribution in [0.15, 0.2) is 53.7 Å². The number of fused-ring (bicyclic) bond motifs is 1. The van der Waals surface area contributed by atoms with Crippen LogP contribution in [0.4, 0.5) is 5.69 Å². The largest absolute Gasteiger partial charge is 0.329 e. The Labute approximate surface area is 140 Å². The number of sulfonamides is 1. The summed E-state index contributed by atoms with van der Waals surface area (Å²) in [6, 6.07) is 10.1. The zero-order valence-electron chi connectivity index (χ0n) is 12.7. The van der Waals surface area contributed by atoms with E-state index in [1.807, 2.05) is 18.4 Å². The molecular formula is C16H16ClN3O2S. The van der Waals surface area contributed by atoms with Gasteiger partial charge in [0.2, 0.25) is 0 Å². The summed E-state index contributed by atoms with van der Waals surface area (Å²) in [5, 5.41) is 1.15. The van der Waals surface area contributed by atoms with Crippen LogP contribution in [-0.4, -0.2) is 18.0 Å². The molecule has 0 spiro atoms. The number of hydrogen-bond donors (Lipinski definition) is 1. The number of aromatic nitrogens is 2. The average Bonchev–Trinajstić information content (AvgIpc) is 2.90. The topological polar surface area (TPSA) is 64.0 Å². The van der Waals surface area contributed by atoms with Crippen LogP contribution in [0.1, 0.15) is 19.9 Å². The van der Waals surface area contributed by atoms with Crippen molar-refractivity contribution in [1.29, 1.82) is 0 Å². The molecule has 0 atom stereocenters. The van der Waals surface area contributed by atoms with E-state index >= 15 is 0 Å². The zero-order chi connectivity index (χ0) is 16.6. The fourth-order valence-electron chi connectivity index (χ4n) is 2.39. The van der Waals surface area contributed by atoms with Gasteiger partial charge in [-0.1, -0.05) is 11.6 Å². The molecule has 0 unspecified atom stereocenters. The summed E-state index contributed by atoms with van der Waals surface area (Å²) in [5.74, 6) is 0. The first-order chi connectivity index (χ1) is 10.9. The molecule has 0 fully saturated rings. The summed E-state index contributed by atoms with van der Waals surface area (Å²) in [7, 11) is -3.72. The maximum Gasteiger partial charge on any atom is 0.264 e. The van der Waals surface area contributed by atoms with Gasteiger partial charge in [0.25, 0.3) is 10.0 Å². The lowest BCUT2D eigenvalue weighted by Crippen LogP contribution is -2.12. The minimum atomic E-state index is -3.72. The Kier molecular flexibility index (Phi) is 4.04. The first kappa shape index (κ1) is 15.8. The smallest absolute Gasteiger partial charge is 0.264 e. The monoisotopic (exact) mass is 349 g/mol. The van der Waals surface area contributed by atoms with Gasteiger partial charge in [-0.15, -0.1) is 0 Å². The van der Waals surface area contributed by atoms with Crippen LogP contribution in [0.25, 0.3) is 11.0 Å². The van der Waals surface area contributed by atoms with Crippen LogP contribution in [-0.2, 0) is 10.0 Å². The van der Waals surface area contributed by atoms with Gasteiger partial charge in [-0.05, 0) is 50.2 Å². The highest BCUT2D eigenvalue weighted by atomic mass is 35.5. The molecule has 3 rings (SSSR count). The molecule has 23 heavy (non-hydrogen) atoms. The van der Waals surface area contributed by atoms with Gasteiger partial charge in [0.05, 0.1) is 0 Å². The number of nitrogens with one attached hydrogen (secondary N) is 1. The molecule has 0 aliphatic heterocycles. The Bertz CT molecular complexity index is 947. The van der Waals surface area contributed by atoms with Gasteiger partial charge in [-0.3, -0.25) is 4.72 Å². The van der Waals surface area contributed by atoms with Crippen molar-refractivity contribution < 1.29 is 8.42 Å². The molecule has 0 radical (unpaired) electrons. The molecule has 0 saturated carbocycles. The average molecular weight is 350 g/mol. The van der Waals surface area contributed by atoms with E-state index in [0.29, 0.717) is 21.7 Å². The summed E-state index contributed by atoms with van der Waals surface area (Å²) in [6.07, 6.45) is 3.28. The minimum absolute atomic E-state index is 0.104. The Morgan fingerprint density at radius 2 is 1.87 bits per heavy atom. The van der Waals surface area contributed by atoms with E-state index in [2.05, 4.69) is 9.71 Å². The van der Waals surface area contributed by atoms with Crippen molar-refractivity contribution in [3.05, 3.63) is 53.8 Å². The third-order valence-electron chi connectivity index (χ3n) is 3.50. The van der Waals surface area contributed by atoms with Crippen molar-refractivity contribution >= 4 is 38.3 Å². The molecule has 2 aromatic heterocycles. The molecule has 2 heterocycles. The van der Waals surface area contributed by atoms with E-state index in [-0.39, 0.29) is 10.9 Å². The molecule has 0 saturated heterocycles. The normalized spacial score (nSPS) is 12.0. The second kappa shape index (κ2) is 5.86. The highest BCUT2D eigenvalue weighted by Crippen LogP contribution is 2.28. The molecule has 1 N–H and O–H groups in total. The number of nitrogens with zero attached hydrogens (tertiary/aromatic N) is 2. The first-order valence-electron chi connectivity index (χ1n) is 7.12. The highest BCUT2D eigenvalue weighted by Gasteiger charge is 2.22. The molecule has 0 aliphatic carbocycles. The van der Waals surface area contributed by atoms with Gasteiger partial charge in [-0.25, -0.2) is 13.4 Å². The molecule has 120 valence electrons. The summed E-state index contributed by atoms with van der Waals surface area (Å²) in [4.78, 5) is 4.52. The Morgan fingerprint density at radius 3 is 2.52 bits per heavy atom. The summed E-state index contributed by atoms with van der Waals surface area (Å²) in [5.41, 5.74) is 1.11. The molecule has 3 aromatic rings. The number of rotatable bonds is 4. The standard InChI is InChI=1S/C16H16ClN3O2S/c1-11(2)20-10-15(14-4-3-9-18-16(14)20)23(21,22)19-13-7-5-12(17)6-8-13/h3-11,19H,1-2H3. The molecule has 0 aliphatic rings. The molecule has 0 bridgehead atoms.